The summed E-state index contributed by atoms with van der Waals surface area (Å²) in [5.74, 6) is -0.387. The molecule has 20 heavy (non-hydrogen) atoms. The van der Waals surface area contributed by atoms with Gasteiger partial charge in [0.1, 0.15) is 17.5 Å². The first kappa shape index (κ1) is 12.0. The number of anilines is 1. The molecule has 3 heterocycles. The molecule has 0 aliphatic carbocycles. The van der Waals surface area contributed by atoms with Gasteiger partial charge in [0.2, 0.25) is 11.4 Å². The molecule has 3 rings (SSSR count). The molecule has 8 heteroatoms. The van der Waals surface area contributed by atoms with Gasteiger partial charge in [-0.25, -0.2) is 10.1 Å². The van der Waals surface area contributed by atoms with Crippen LogP contribution in [-0.4, -0.2) is 31.1 Å². The van der Waals surface area contributed by atoms with Gasteiger partial charge in [0, 0.05) is 11.9 Å². The van der Waals surface area contributed by atoms with Crippen LogP contribution in [0.25, 0.3) is 11.0 Å². The van der Waals surface area contributed by atoms with Gasteiger partial charge in [-0.1, -0.05) is 0 Å². The van der Waals surface area contributed by atoms with E-state index < -0.39 is 5.91 Å². The van der Waals surface area contributed by atoms with Crippen LogP contribution in [0.1, 0.15) is 16.1 Å². The summed E-state index contributed by atoms with van der Waals surface area (Å²) in [5, 5.41) is 8.90. The van der Waals surface area contributed by atoms with E-state index in [4.69, 9.17) is 0 Å². The zero-order chi connectivity index (χ0) is 14.1. The van der Waals surface area contributed by atoms with E-state index in [0.29, 0.717) is 11.0 Å². The first-order chi connectivity index (χ1) is 9.65. The Hall–Kier alpha value is -3.03. The molecule has 3 N–H and O–H groups in total. The quantitative estimate of drug-likeness (QED) is 0.630. The normalized spacial score (nSPS) is 10.7. The monoisotopic (exact) mass is 270 g/mol. The highest BCUT2D eigenvalue weighted by Gasteiger charge is 2.14. The summed E-state index contributed by atoms with van der Waals surface area (Å²) in [7, 11) is 0. The van der Waals surface area contributed by atoms with Crippen molar-refractivity contribution in [2.24, 2.45) is 0 Å². The second-order valence-electron chi connectivity index (χ2n) is 4.17. The van der Waals surface area contributed by atoms with Crippen molar-refractivity contribution in [3.05, 3.63) is 46.1 Å². The number of nitrogens with zero attached hydrogens (tertiary/aromatic N) is 3. The summed E-state index contributed by atoms with van der Waals surface area (Å²) >= 11 is 0. The number of aromatic amines is 2. The van der Waals surface area contributed by atoms with Gasteiger partial charge in [-0.15, -0.1) is 0 Å². The van der Waals surface area contributed by atoms with Crippen molar-refractivity contribution in [3.8, 4) is 0 Å². The Morgan fingerprint density at radius 1 is 1.35 bits per heavy atom. The van der Waals surface area contributed by atoms with E-state index in [2.05, 4.69) is 30.5 Å². The van der Waals surface area contributed by atoms with E-state index in [9.17, 15) is 9.59 Å². The number of rotatable bonds is 2. The van der Waals surface area contributed by atoms with Crippen molar-refractivity contribution >= 4 is 22.9 Å². The fourth-order valence-corrected chi connectivity index (χ4v) is 1.81. The number of pyridine rings is 2. The van der Waals surface area contributed by atoms with E-state index in [1.807, 2.05) is 6.92 Å². The summed E-state index contributed by atoms with van der Waals surface area (Å²) in [4.78, 5) is 35.0. The van der Waals surface area contributed by atoms with Crippen LogP contribution in [0, 0.1) is 6.92 Å². The summed E-state index contributed by atoms with van der Waals surface area (Å²) in [5.41, 5.74) is 0.834. The maximum Gasteiger partial charge on any atom is 0.263 e. The smallest absolute Gasteiger partial charge is 0.263 e. The van der Waals surface area contributed by atoms with E-state index in [0.717, 1.165) is 5.69 Å². The minimum Gasteiger partial charge on any atom is -0.345 e. The van der Waals surface area contributed by atoms with Crippen LogP contribution in [0.2, 0.25) is 0 Å². The van der Waals surface area contributed by atoms with Crippen molar-refractivity contribution in [2.75, 3.05) is 5.32 Å². The van der Waals surface area contributed by atoms with E-state index in [1.54, 1.807) is 12.1 Å². The number of hydrogen-bond acceptors (Lipinski definition) is 5. The number of H-pyrrole nitrogens is 2. The lowest BCUT2D eigenvalue weighted by Crippen LogP contribution is -2.22. The lowest BCUT2D eigenvalue weighted by Gasteiger charge is -2.03. The predicted molar refractivity (Wildman–Crippen MR) is 71.4 cm³/mol. The molecule has 0 atom stereocenters. The highest BCUT2D eigenvalue weighted by atomic mass is 16.2. The number of nitrogens with one attached hydrogen (secondary N) is 3. The number of carbonyl (C=O) groups excluding carboxylic acids is 1. The van der Waals surface area contributed by atoms with Gasteiger partial charge in [0.05, 0.1) is 5.39 Å². The third-order valence-electron chi connectivity index (χ3n) is 2.77. The molecule has 3 aromatic heterocycles. The van der Waals surface area contributed by atoms with Crippen molar-refractivity contribution < 1.29 is 4.79 Å². The third-order valence-corrected chi connectivity index (χ3v) is 2.77. The molecule has 0 saturated heterocycles. The molecule has 0 spiro atoms. The third kappa shape index (κ3) is 2.03. The number of aromatic nitrogens is 5. The molecule has 0 saturated carbocycles. The molecule has 0 aliphatic heterocycles. The summed E-state index contributed by atoms with van der Waals surface area (Å²) in [6, 6.07) is 3.36. The summed E-state index contributed by atoms with van der Waals surface area (Å²) < 4.78 is 0. The molecule has 0 aromatic carbocycles. The fraction of sp³-hybridized carbons (Fsp3) is 0.0833. The minimum absolute atomic E-state index is 0.0143. The molecule has 0 fully saturated rings. The Bertz CT molecular complexity index is 837. The van der Waals surface area contributed by atoms with Gasteiger partial charge in [0.25, 0.3) is 5.91 Å². The molecule has 3 aromatic rings. The second kappa shape index (κ2) is 4.57. The van der Waals surface area contributed by atoms with Crippen LogP contribution in [0.4, 0.5) is 5.95 Å². The van der Waals surface area contributed by atoms with Crippen molar-refractivity contribution in [3.63, 3.8) is 0 Å². The van der Waals surface area contributed by atoms with Gasteiger partial charge in [-0.2, -0.15) is 10.1 Å². The SMILES string of the molecule is Cc1ccc2c(=O)c(C(=O)Nc3ncn[nH]3)c[nH]c2n1. The first-order valence-corrected chi connectivity index (χ1v) is 5.81. The standard InChI is InChI=1S/C12H10N6O2/c1-6-2-3-7-9(19)8(4-13-10(7)16-6)11(20)17-12-14-5-15-18-12/h2-5H,1H3,(H,13,16,19)(H2,14,15,17,18,20). The highest BCUT2D eigenvalue weighted by molar-refractivity contribution is 6.04. The van der Waals surface area contributed by atoms with E-state index >= 15 is 0 Å². The van der Waals surface area contributed by atoms with Crippen molar-refractivity contribution in [2.45, 2.75) is 6.92 Å². The zero-order valence-electron chi connectivity index (χ0n) is 10.5. The van der Waals surface area contributed by atoms with Crippen LogP contribution in [-0.2, 0) is 0 Å². The largest absolute Gasteiger partial charge is 0.345 e. The fourth-order valence-electron chi connectivity index (χ4n) is 1.81. The first-order valence-electron chi connectivity index (χ1n) is 5.81. The topological polar surface area (TPSA) is 116 Å². The van der Waals surface area contributed by atoms with Crippen LogP contribution >= 0.6 is 0 Å². The van der Waals surface area contributed by atoms with Crippen LogP contribution < -0.4 is 10.7 Å². The highest BCUT2D eigenvalue weighted by Crippen LogP contribution is 2.07. The van der Waals surface area contributed by atoms with Gasteiger partial charge >= 0.3 is 0 Å². The average molecular weight is 270 g/mol. The molecule has 8 nitrogen and oxygen atoms in total. The molecule has 0 bridgehead atoms. The molecule has 0 radical (unpaired) electrons. The number of aryl methyl sites for hydroxylation is 1. The maximum atomic E-state index is 12.2. The van der Waals surface area contributed by atoms with Gasteiger partial charge < -0.3 is 4.98 Å². The second-order valence-corrected chi connectivity index (χ2v) is 4.17. The lowest BCUT2D eigenvalue weighted by molar-refractivity contribution is 0.102. The van der Waals surface area contributed by atoms with E-state index in [1.165, 1.54) is 12.5 Å². The van der Waals surface area contributed by atoms with Crippen LogP contribution in [0.3, 0.4) is 0 Å². The molecule has 100 valence electrons. The summed E-state index contributed by atoms with van der Waals surface area (Å²) in [6.07, 6.45) is 2.59. The van der Waals surface area contributed by atoms with Crippen LogP contribution in [0.5, 0.6) is 0 Å². The zero-order valence-corrected chi connectivity index (χ0v) is 10.5. The molecular formula is C12H10N6O2. The average Bonchev–Trinajstić information content (AvgIpc) is 2.91. The van der Waals surface area contributed by atoms with Gasteiger partial charge in [0.15, 0.2) is 0 Å². The number of carbonyl (C=O) groups is 1. The van der Waals surface area contributed by atoms with Crippen molar-refractivity contribution in [1.82, 2.24) is 25.1 Å². The Kier molecular flexibility index (Phi) is 2.75. The Morgan fingerprint density at radius 3 is 2.95 bits per heavy atom. The molecule has 0 aliphatic rings. The van der Waals surface area contributed by atoms with Crippen molar-refractivity contribution in [1.29, 1.82) is 0 Å². The Labute approximate surface area is 112 Å². The summed E-state index contributed by atoms with van der Waals surface area (Å²) in [6.45, 7) is 1.82. The lowest BCUT2D eigenvalue weighted by atomic mass is 10.2. The Morgan fingerprint density at radius 2 is 2.20 bits per heavy atom. The number of fused-ring (bicyclic) bond motifs is 1. The predicted octanol–water partition coefficient (Wildman–Crippen LogP) is 0.602. The number of hydrogen-bond donors (Lipinski definition) is 3. The molecular weight excluding hydrogens is 260 g/mol. The van der Waals surface area contributed by atoms with Crippen LogP contribution in [0.15, 0.2) is 29.5 Å². The van der Waals surface area contributed by atoms with E-state index in [-0.39, 0.29) is 16.9 Å². The molecule has 0 unspecified atom stereocenters. The molecule has 1 amide bonds. The Balaban J connectivity index is 2.04. The number of amides is 1. The minimum atomic E-state index is -0.564. The van der Waals surface area contributed by atoms with Gasteiger partial charge in [-0.3, -0.25) is 14.9 Å². The van der Waals surface area contributed by atoms with Gasteiger partial charge in [-0.05, 0) is 19.1 Å². The maximum absolute atomic E-state index is 12.2.